The first kappa shape index (κ1) is 53.1. The average molecular weight is 1120 g/mol. The first-order valence-corrected chi connectivity index (χ1v) is 23.7. The maximum absolute atomic E-state index is 12.0. The van der Waals surface area contributed by atoms with Crippen molar-refractivity contribution in [2.75, 3.05) is 13.2 Å². The molecule has 4 aromatic carbocycles. The van der Waals surface area contributed by atoms with Crippen molar-refractivity contribution < 1.29 is 49.0 Å². The summed E-state index contributed by atoms with van der Waals surface area (Å²) in [5.74, 6) is -1.10. The Morgan fingerprint density at radius 2 is 1.11 bits per heavy atom. The average Bonchev–Trinajstić information content (AvgIpc) is 3.36. The van der Waals surface area contributed by atoms with Gasteiger partial charge in [0.05, 0.1) is 39.8 Å². The molecule has 0 aliphatic carbocycles. The second-order valence-corrected chi connectivity index (χ2v) is 19.0. The molecular weight excluding hydrogens is 1070 g/mol. The van der Waals surface area contributed by atoms with Crippen LogP contribution in [0, 0.1) is 28.1 Å². The molecule has 2 heterocycles. The van der Waals surface area contributed by atoms with Crippen molar-refractivity contribution in [3.05, 3.63) is 161 Å². The fourth-order valence-electron chi connectivity index (χ4n) is 6.82. The van der Waals surface area contributed by atoms with Crippen LogP contribution >= 0.6 is 55.1 Å². The van der Waals surface area contributed by atoms with Gasteiger partial charge in [0.1, 0.15) is 67.1 Å². The van der Waals surface area contributed by atoms with Gasteiger partial charge in [0.25, 0.3) is 0 Å². The molecule has 0 radical (unpaired) electrons. The van der Waals surface area contributed by atoms with E-state index in [1.807, 2.05) is 36.4 Å². The topological polar surface area (TPSA) is 237 Å². The Morgan fingerprint density at radius 3 is 1.56 bits per heavy atom. The number of aromatic nitrogens is 2. The van der Waals surface area contributed by atoms with Gasteiger partial charge < -0.3 is 39.4 Å². The number of aliphatic hydroxyl groups excluding tert-OH is 2. The van der Waals surface area contributed by atoms with Gasteiger partial charge in [-0.3, -0.25) is 24.9 Å². The quantitative estimate of drug-likeness (QED) is 0.0401. The fourth-order valence-corrected chi connectivity index (χ4v) is 8.48. The van der Waals surface area contributed by atoms with E-state index < -0.39 is 36.1 Å². The summed E-state index contributed by atoms with van der Waals surface area (Å²) in [6.45, 7) is 1.78. The number of ether oxygens (including phenoxy) is 4. The van der Waals surface area contributed by atoms with Crippen molar-refractivity contribution in [3.63, 3.8) is 0 Å². The van der Waals surface area contributed by atoms with Gasteiger partial charge in [-0.15, -0.1) is 0 Å². The van der Waals surface area contributed by atoms with Crippen molar-refractivity contribution in [2.24, 2.45) is 5.41 Å². The molecule has 362 valence electrons. The van der Waals surface area contributed by atoms with Crippen LogP contribution in [0.4, 0.5) is 0 Å². The number of pyridine rings is 2. The maximum atomic E-state index is 12.0. The Balaban J connectivity index is 1.22. The number of nitrogens with zero attached hydrogens (tertiary/aromatic N) is 4. The number of benzene rings is 4. The smallest absolute Gasteiger partial charge is 0.326 e. The Hall–Kier alpha value is -6.28. The number of hydrogen-bond donors (Lipinski definition) is 5. The van der Waals surface area contributed by atoms with Crippen LogP contribution in [0.2, 0.25) is 10.0 Å². The van der Waals surface area contributed by atoms with Gasteiger partial charge in [0, 0.05) is 80.2 Å². The minimum absolute atomic E-state index is 0.0223. The SMILES string of the molecule is C[C@@](CO)(CCc1cc(Cl)c(OCc2cccc(-c3cccc(COc4cc(OCc5cncc(C#N)c5)c(CN[C@@](C)(CO)C(=O)O)cc4Cl)c3Br)c2Br)cc1OCc1cncc(C#N)c1)C(=O)O. The monoisotopic (exact) mass is 1120 g/mol. The van der Waals surface area contributed by atoms with Gasteiger partial charge in [-0.05, 0) is 99.5 Å². The molecule has 6 rings (SSSR count). The van der Waals surface area contributed by atoms with Crippen LogP contribution in [0.25, 0.3) is 11.1 Å². The molecular formula is C51H45Br2Cl2N5O10. The number of nitriles is 2. The largest absolute Gasteiger partial charge is 0.488 e. The molecule has 0 spiro atoms. The summed E-state index contributed by atoms with van der Waals surface area (Å²) in [5, 5.41) is 61.3. The lowest BCUT2D eigenvalue weighted by Crippen LogP contribution is -2.52. The zero-order valence-electron chi connectivity index (χ0n) is 37.6. The van der Waals surface area contributed by atoms with Crippen molar-refractivity contribution >= 4 is 67.0 Å². The molecule has 6 aromatic rings. The summed E-state index contributed by atoms with van der Waals surface area (Å²) in [6.07, 6.45) is 6.33. The summed E-state index contributed by atoms with van der Waals surface area (Å²) in [5.41, 5.74) is 3.23. The molecule has 0 saturated heterocycles. The van der Waals surface area contributed by atoms with Crippen LogP contribution in [0.15, 0.2) is 107 Å². The van der Waals surface area contributed by atoms with Gasteiger partial charge in [-0.1, -0.05) is 59.6 Å². The van der Waals surface area contributed by atoms with Gasteiger partial charge in [-0.2, -0.15) is 10.5 Å². The van der Waals surface area contributed by atoms with Crippen molar-refractivity contribution in [1.82, 2.24) is 15.3 Å². The van der Waals surface area contributed by atoms with Crippen LogP contribution in [0.3, 0.4) is 0 Å². The second-order valence-electron chi connectivity index (χ2n) is 16.6. The van der Waals surface area contributed by atoms with E-state index >= 15 is 0 Å². The normalized spacial score (nSPS) is 12.7. The highest BCUT2D eigenvalue weighted by Crippen LogP contribution is 2.41. The summed E-state index contributed by atoms with van der Waals surface area (Å²) in [6, 6.07) is 25.4. The number of rotatable bonds is 23. The maximum Gasteiger partial charge on any atom is 0.326 e. The number of carbonyl (C=O) groups is 2. The van der Waals surface area contributed by atoms with Crippen LogP contribution in [0.1, 0.15) is 64.8 Å². The molecule has 0 saturated carbocycles. The number of carboxylic acids is 2. The highest BCUT2D eigenvalue weighted by Gasteiger charge is 2.33. The summed E-state index contributed by atoms with van der Waals surface area (Å²) < 4.78 is 26.5. The van der Waals surface area contributed by atoms with E-state index in [0.717, 1.165) is 31.2 Å². The third-order valence-electron chi connectivity index (χ3n) is 11.3. The number of hydrogen-bond acceptors (Lipinski definition) is 13. The molecule has 0 unspecified atom stereocenters. The molecule has 15 nitrogen and oxygen atoms in total. The summed E-state index contributed by atoms with van der Waals surface area (Å²) in [7, 11) is 0. The lowest BCUT2D eigenvalue weighted by molar-refractivity contribution is -0.150. The van der Waals surface area contributed by atoms with E-state index in [0.29, 0.717) is 50.6 Å². The molecule has 0 bridgehead atoms. The minimum atomic E-state index is -1.64. The number of aryl methyl sites for hydroxylation is 1. The van der Waals surface area contributed by atoms with Crippen LogP contribution in [0.5, 0.6) is 23.0 Å². The number of nitrogens with one attached hydrogen (secondary N) is 1. The van der Waals surface area contributed by atoms with Crippen LogP contribution in [-0.4, -0.2) is 61.1 Å². The van der Waals surface area contributed by atoms with Gasteiger partial charge in [-0.25, -0.2) is 0 Å². The van der Waals surface area contributed by atoms with E-state index in [2.05, 4.69) is 59.3 Å². The molecule has 0 aliphatic rings. The Morgan fingerprint density at radius 1 is 0.643 bits per heavy atom. The molecule has 0 aliphatic heterocycles. The third-order valence-corrected chi connectivity index (χ3v) is 13.8. The van der Waals surface area contributed by atoms with E-state index in [9.17, 15) is 40.5 Å². The Labute approximate surface area is 430 Å². The van der Waals surface area contributed by atoms with E-state index in [1.165, 1.54) is 26.2 Å². The predicted molar refractivity (Wildman–Crippen MR) is 267 cm³/mol. The fraction of sp³-hybridized carbons (Fsp3) is 0.255. The van der Waals surface area contributed by atoms with Crippen molar-refractivity contribution in [3.8, 4) is 46.3 Å². The van der Waals surface area contributed by atoms with Gasteiger partial charge in [0.2, 0.25) is 0 Å². The predicted octanol–water partition coefficient (Wildman–Crippen LogP) is 9.98. The lowest BCUT2D eigenvalue weighted by atomic mass is 9.85. The number of carboxylic acid groups (broad SMARTS) is 2. The molecule has 2 aromatic heterocycles. The number of aliphatic hydroxyl groups is 2. The second kappa shape index (κ2) is 24.0. The summed E-state index contributed by atoms with van der Waals surface area (Å²) in [4.78, 5) is 32.1. The third kappa shape index (κ3) is 13.1. The van der Waals surface area contributed by atoms with Gasteiger partial charge in [0.15, 0.2) is 0 Å². The van der Waals surface area contributed by atoms with Crippen LogP contribution in [-0.2, 0) is 49.0 Å². The Kier molecular flexibility index (Phi) is 18.2. The molecule has 70 heavy (non-hydrogen) atoms. The zero-order valence-corrected chi connectivity index (χ0v) is 42.3. The van der Waals surface area contributed by atoms with Gasteiger partial charge >= 0.3 is 11.9 Å². The van der Waals surface area contributed by atoms with E-state index in [-0.39, 0.29) is 61.6 Å². The molecule has 2 atom stereocenters. The number of halogens is 4. The highest BCUT2D eigenvalue weighted by atomic mass is 79.9. The standard InChI is InChI=1S/C51H45Br2Cl2N5O10/c1-50(28-61,48(63)64)10-9-34-13-40(54)44(15-42(34)67-24-32-11-30(17-56)19-58-21-32)69-26-35-5-3-7-38(46(35)52)39-8-4-6-36(47(39)53)27-70-45-16-43(68-25-33-12-31(18-57)20-59-22-33)37(14-41(45)55)23-60-51(2,29-62)49(65)66/h3-8,11-16,19-22,60-62H,9-10,23-29H2,1-2H3,(H,63,64)(H,65,66)/t50-,51-/m0/s1. The van der Waals surface area contributed by atoms with Crippen molar-refractivity contribution in [2.45, 2.75) is 65.2 Å². The molecule has 19 heteroatoms. The van der Waals surface area contributed by atoms with E-state index in [1.54, 1.807) is 48.8 Å². The molecule has 0 amide bonds. The Bertz CT molecular complexity index is 2790. The van der Waals surface area contributed by atoms with Crippen LogP contribution < -0.4 is 24.3 Å². The molecule has 0 fully saturated rings. The zero-order chi connectivity index (χ0) is 50.6. The van der Waals surface area contributed by atoms with Crippen molar-refractivity contribution in [1.29, 1.82) is 10.5 Å². The first-order chi connectivity index (χ1) is 33.5. The highest BCUT2D eigenvalue weighted by molar-refractivity contribution is 9.11. The summed E-state index contributed by atoms with van der Waals surface area (Å²) >= 11 is 21.2. The van der Waals surface area contributed by atoms with E-state index in [4.69, 9.17) is 42.1 Å². The number of aliphatic carboxylic acids is 2. The lowest BCUT2D eigenvalue weighted by Gasteiger charge is -2.25. The minimum Gasteiger partial charge on any atom is -0.488 e. The molecule has 5 N–H and O–H groups in total. The first-order valence-electron chi connectivity index (χ1n) is 21.3.